The summed E-state index contributed by atoms with van der Waals surface area (Å²) in [7, 11) is 1.66. The molecular formula is C15H22O2. The Morgan fingerprint density at radius 1 is 1.29 bits per heavy atom. The van der Waals surface area contributed by atoms with Crippen molar-refractivity contribution in [3.05, 3.63) is 29.8 Å². The summed E-state index contributed by atoms with van der Waals surface area (Å²) in [5.41, 5.74) is 0.924. The van der Waals surface area contributed by atoms with Crippen LogP contribution in [0.5, 0.6) is 5.75 Å². The number of para-hydroxylation sites is 1. The fourth-order valence-electron chi connectivity index (χ4n) is 2.79. The Morgan fingerprint density at radius 2 is 2.00 bits per heavy atom. The summed E-state index contributed by atoms with van der Waals surface area (Å²) in [4.78, 5) is 0. The van der Waals surface area contributed by atoms with E-state index in [4.69, 9.17) is 4.74 Å². The van der Waals surface area contributed by atoms with Gasteiger partial charge in [0.15, 0.2) is 0 Å². The molecule has 1 unspecified atom stereocenters. The topological polar surface area (TPSA) is 29.5 Å². The van der Waals surface area contributed by atoms with Crippen molar-refractivity contribution in [2.75, 3.05) is 7.11 Å². The number of methoxy groups -OCH3 is 1. The zero-order chi connectivity index (χ0) is 12.1. The Labute approximate surface area is 104 Å². The molecule has 1 fully saturated rings. The highest BCUT2D eigenvalue weighted by atomic mass is 16.5. The van der Waals surface area contributed by atoms with Gasteiger partial charge in [0.2, 0.25) is 0 Å². The van der Waals surface area contributed by atoms with Crippen LogP contribution in [-0.2, 0) is 0 Å². The predicted molar refractivity (Wildman–Crippen MR) is 69.1 cm³/mol. The van der Waals surface area contributed by atoms with E-state index in [2.05, 4.69) is 0 Å². The standard InChI is InChI=1S/C15H22O2/c1-17-15-9-5-4-8-13(15)14(16)11-10-12-6-2-3-7-12/h4-5,8-9,12,14,16H,2-3,6-7,10-11H2,1H3. The number of hydrogen-bond acceptors (Lipinski definition) is 2. The summed E-state index contributed by atoms with van der Waals surface area (Å²) in [6.45, 7) is 0. The van der Waals surface area contributed by atoms with Crippen LogP contribution in [0.4, 0.5) is 0 Å². The maximum atomic E-state index is 10.2. The first-order chi connectivity index (χ1) is 8.31. The third kappa shape index (κ3) is 3.22. The molecule has 1 aromatic rings. The number of hydrogen-bond donors (Lipinski definition) is 1. The zero-order valence-corrected chi connectivity index (χ0v) is 10.6. The number of aliphatic hydroxyl groups is 1. The average molecular weight is 234 g/mol. The Balaban J connectivity index is 1.91. The van der Waals surface area contributed by atoms with Crippen molar-refractivity contribution in [3.8, 4) is 5.75 Å². The van der Waals surface area contributed by atoms with Crippen molar-refractivity contribution >= 4 is 0 Å². The SMILES string of the molecule is COc1ccccc1C(O)CCC1CCCC1. The van der Waals surface area contributed by atoms with Crippen molar-refractivity contribution in [2.24, 2.45) is 5.92 Å². The maximum absolute atomic E-state index is 10.2. The number of ether oxygens (including phenoxy) is 1. The van der Waals surface area contributed by atoms with E-state index < -0.39 is 0 Å². The summed E-state index contributed by atoms with van der Waals surface area (Å²) in [5.74, 6) is 1.63. The van der Waals surface area contributed by atoms with Gasteiger partial charge >= 0.3 is 0 Å². The van der Waals surface area contributed by atoms with E-state index in [-0.39, 0.29) is 6.10 Å². The van der Waals surface area contributed by atoms with Crippen LogP contribution < -0.4 is 4.74 Å². The minimum atomic E-state index is -0.383. The van der Waals surface area contributed by atoms with Crippen LogP contribution in [0.1, 0.15) is 50.2 Å². The Morgan fingerprint density at radius 3 is 2.71 bits per heavy atom. The number of benzene rings is 1. The van der Waals surface area contributed by atoms with Crippen molar-refractivity contribution < 1.29 is 9.84 Å². The lowest BCUT2D eigenvalue weighted by molar-refractivity contribution is 0.153. The summed E-state index contributed by atoms with van der Waals surface area (Å²) >= 11 is 0. The molecule has 17 heavy (non-hydrogen) atoms. The second-order valence-corrected chi connectivity index (χ2v) is 4.99. The second-order valence-electron chi connectivity index (χ2n) is 4.99. The monoisotopic (exact) mass is 234 g/mol. The molecule has 1 saturated carbocycles. The van der Waals surface area contributed by atoms with E-state index in [0.29, 0.717) is 0 Å². The molecule has 0 aromatic heterocycles. The molecule has 1 aliphatic carbocycles. The minimum absolute atomic E-state index is 0.383. The molecule has 0 spiro atoms. The maximum Gasteiger partial charge on any atom is 0.124 e. The van der Waals surface area contributed by atoms with Gasteiger partial charge in [0.1, 0.15) is 5.75 Å². The van der Waals surface area contributed by atoms with Crippen molar-refractivity contribution in [2.45, 2.75) is 44.6 Å². The molecule has 94 valence electrons. The molecule has 1 atom stereocenters. The lowest BCUT2D eigenvalue weighted by Crippen LogP contribution is -2.03. The molecule has 1 aliphatic rings. The molecule has 0 heterocycles. The van der Waals surface area contributed by atoms with Crippen molar-refractivity contribution in [1.82, 2.24) is 0 Å². The summed E-state index contributed by atoms with van der Waals surface area (Å²) in [6.07, 6.45) is 7.04. The van der Waals surface area contributed by atoms with Gasteiger partial charge < -0.3 is 9.84 Å². The van der Waals surface area contributed by atoms with Crippen LogP contribution in [-0.4, -0.2) is 12.2 Å². The molecule has 0 amide bonds. The van der Waals surface area contributed by atoms with E-state index in [1.807, 2.05) is 24.3 Å². The number of aliphatic hydroxyl groups excluding tert-OH is 1. The minimum Gasteiger partial charge on any atom is -0.496 e. The Kier molecular flexibility index (Phi) is 4.43. The molecule has 1 N–H and O–H groups in total. The van der Waals surface area contributed by atoms with Gasteiger partial charge in [-0.25, -0.2) is 0 Å². The van der Waals surface area contributed by atoms with Gasteiger partial charge in [0, 0.05) is 5.56 Å². The van der Waals surface area contributed by atoms with Gasteiger partial charge in [-0.05, 0) is 24.8 Å². The normalized spacial score (nSPS) is 18.2. The molecule has 0 saturated heterocycles. The highest BCUT2D eigenvalue weighted by Crippen LogP contribution is 2.33. The van der Waals surface area contributed by atoms with Gasteiger partial charge in [-0.1, -0.05) is 43.9 Å². The largest absolute Gasteiger partial charge is 0.496 e. The number of rotatable bonds is 5. The van der Waals surface area contributed by atoms with Gasteiger partial charge in [-0.15, -0.1) is 0 Å². The fourth-order valence-corrected chi connectivity index (χ4v) is 2.79. The molecule has 0 bridgehead atoms. The lowest BCUT2D eigenvalue weighted by atomic mass is 9.96. The highest BCUT2D eigenvalue weighted by molar-refractivity contribution is 5.34. The molecular weight excluding hydrogens is 212 g/mol. The first-order valence-electron chi connectivity index (χ1n) is 6.62. The summed E-state index contributed by atoms with van der Waals surface area (Å²) in [6, 6.07) is 7.76. The van der Waals surface area contributed by atoms with Crippen LogP contribution in [0.25, 0.3) is 0 Å². The highest BCUT2D eigenvalue weighted by Gasteiger charge is 2.18. The smallest absolute Gasteiger partial charge is 0.124 e. The fraction of sp³-hybridized carbons (Fsp3) is 0.600. The van der Waals surface area contributed by atoms with Crippen LogP contribution in [0.2, 0.25) is 0 Å². The second kappa shape index (κ2) is 6.06. The molecule has 0 aliphatic heterocycles. The average Bonchev–Trinajstić information content (AvgIpc) is 2.89. The van der Waals surface area contributed by atoms with E-state index >= 15 is 0 Å². The van der Waals surface area contributed by atoms with Gasteiger partial charge in [-0.3, -0.25) is 0 Å². The molecule has 0 radical (unpaired) electrons. The summed E-state index contributed by atoms with van der Waals surface area (Å²) < 4.78 is 5.28. The molecule has 2 rings (SSSR count). The molecule has 2 nitrogen and oxygen atoms in total. The molecule has 2 heteroatoms. The quantitative estimate of drug-likeness (QED) is 0.841. The third-order valence-corrected chi connectivity index (χ3v) is 3.82. The van der Waals surface area contributed by atoms with Gasteiger partial charge in [0.05, 0.1) is 13.2 Å². The van der Waals surface area contributed by atoms with Crippen LogP contribution in [0.15, 0.2) is 24.3 Å². The molecule has 1 aromatic carbocycles. The summed E-state index contributed by atoms with van der Waals surface area (Å²) in [5, 5.41) is 10.2. The van der Waals surface area contributed by atoms with Crippen molar-refractivity contribution in [3.63, 3.8) is 0 Å². The zero-order valence-electron chi connectivity index (χ0n) is 10.6. The van der Waals surface area contributed by atoms with E-state index in [9.17, 15) is 5.11 Å². The third-order valence-electron chi connectivity index (χ3n) is 3.82. The van der Waals surface area contributed by atoms with Gasteiger partial charge in [-0.2, -0.15) is 0 Å². The van der Waals surface area contributed by atoms with Crippen LogP contribution in [0, 0.1) is 5.92 Å². The Hall–Kier alpha value is -1.02. The lowest BCUT2D eigenvalue weighted by Gasteiger charge is -2.16. The Bertz CT molecular complexity index is 343. The van der Waals surface area contributed by atoms with E-state index in [1.54, 1.807) is 7.11 Å². The van der Waals surface area contributed by atoms with Crippen molar-refractivity contribution in [1.29, 1.82) is 0 Å². The van der Waals surface area contributed by atoms with Gasteiger partial charge in [0.25, 0.3) is 0 Å². The predicted octanol–water partition coefficient (Wildman–Crippen LogP) is 3.70. The van der Waals surface area contributed by atoms with E-state index in [1.165, 1.54) is 25.7 Å². The van der Waals surface area contributed by atoms with Crippen LogP contribution in [0.3, 0.4) is 0 Å². The van der Waals surface area contributed by atoms with Crippen LogP contribution >= 0.6 is 0 Å². The van der Waals surface area contributed by atoms with E-state index in [0.717, 1.165) is 30.1 Å². The first kappa shape index (κ1) is 12.4. The first-order valence-corrected chi connectivity index (χ1v) is 6.62.